The summed E-state index contributed by atoms with van der Waals surface area (Å²) in [5.41, 5.74) is 4.17. The van der Waals surface area contributed by atoms with Crippen LogP contribution in [0.15, 0.2) is 30.3 Å². The van der Waals surface area contributed by atoms with Gasteiger partial charge in [-0.15, -0.1) is 0 Å². The van der Waals surface area contributed by atoms with Crippen molar-refractivity contribution >= 4 is 5.91 Å². The zero-order valence-electron chi connectivity index (χ0n) is 11.1. The molecular weight excluding hydrogens is 224 g/mol. The second kappa shape index (κ2) is 5.17. The molecule has 94 valence electrons. The quantitative estimate of drug-likeness (QED) is 0.829. The Morgan fingerprint density at radius 3 is 2.39 bits per heavy atom. The SMILES string of the molecule is Cc1nn(C(=O)CCc2ccccc2)c(C)c1C. The summed E-state index contributed by atoms with van der Waals surface area (Å²) in [7, 11) is 0. The Labute approximate surface area is 107 Å². The highest BCUT2D eigenvalue weighted by Crippen LogP contribution is 2.12. The Morgan fingerprint density at radius 2 is 1.83 bits per heavy atom. The summed E-state index contributed by atoms with van der Waals surface area (Å²) in [5, 5.41) is 4.29. The van der Waals surface area contributed by atoms with Gasteiger partial charge >= 0.3 is 0 Å². The summed E-state index contributed by atoms with van der Waals surface area (Å²) in [6.07, 6.45) is 1.25. The van der Waals surface area contributed by atoms with Gasteiger partial charge in [-0.05, 0) is 38.3 Å². The zero-order chi connectivity index (χ0) is 13.1. The lowest BCUT2D eigenvalue weighted by atomic mass is 10.1. The summed E-state index contributed by atoms with van der Waals surface area (Å²) < 4.78 is 1.54. The van der Waals surface area contributed by atoms with Crippen LogP contribution in [0.25, 0.3) is 0 Å². The molecule has 1 heterocycles. The van der Waals surface area contributed by atoms with Crippen molar-refractivity contribution in [2.45, 2.75) is 33.6 Å². The molecule has 0 spiro atoms. The molecule has 0 bridgehead atoms. The van der Waals surface area contributed by atoms with Gasteiger partial charge in [-0.2, -0.15) is 5.10 Å². The molecule has 18 heavy (non-hydrogen) atoms. The monoisotopic (exact) mass is 242 g/mol. The van der Waals surface area contributed by atoms with Crippen LogP contribution in [0.3, 0.4) is 0 Å². The van der Waals surface area contributed by atoms with E-state index in [2.05, 4.69) is 5.10 Å². The molecule has 0 aliphatic heterocycles. The van der Waals surface area contributed by atoms with Crippen LogP contribution in [0.5, 0.6) is 0 Å². The van der Waals surface area contributed by atoms with Gasteiger partial charge in [-0.3, -0.25) is 4.79 Å². The van der Waals surface area contributed by atoms with Crippen molar-refractivity contribution in [1.82, 2.24) is 9.78 Å². The predicted octanol–water partition coefficient (Wildman–Crippen LogP) is 3.08. The Balaban J connectivity index is 2.06. The summed E-state index contributed by atoms with van der Waals surface area (Å²) in [4.78, 5) is 12.1. The fraction of sp³-hybridized carbons (Fsp3) is 0.333. The number of hydrogen-bond donors (Lipinski definition) is 0. The van der Waals surface area contributed by atoms with Crippen LogP contribution in [0.4, 0.5) is 0 Å². The van der Waals surface area contributed by atoms with Gasteiger partial charge in [-0.1, -0.05) is 30.3 Å². The summed E-state index contributed by atoms with van der Waals surface area (Å²) in [6.45, 7) is 5.87. The van der Waals surface area contributed by atoms with Crippen molar-refractivity contribution in [2.24, 2.45) is 0 Å². The van der Waals surface area contributed by atoms with E-state index in [0.29, 0.717) is 6.42 Å². The van der Waals surface area contributed by atoms with Gasteiger partial charge in [-0.25, -0.2) is 4.68 Å². The number of carbonyl (C=O) groups is 1. The number of rotatable bonds is 3. The Kier molecular flexibility index (Phi) is 3.60. The number of carbonyl (C=O) groups excluding carboxylic acids is 1. The van der Waals surface area contributed by atoms with E-state index in [-0.39, 0.29) is 5.91 Å². The molecule has 0 saturated heterocycles. The molecule has 1 aromatic heterocycles. The van der Waals surface area contributed by atoms with Crippen LogP contribution in [0.1, 0.15) is 33.7 Å². The first-order chi connectivity index (χ1) is 8.59. The molecule has 1 aromatic carbocycles. The maximum Gasteiger partial charge on any atom is 0.247 e. The van der Waals surface area contributed by atoms with E-state index < -0.39 is 0 Å². The molecule has 2 rings (SSSR count). The van der Waals surface area contributed by atoms with Gasteiger partial charge in [0.2, 0.25) is 5.91 Å². The normalized spacial score (nSPS) is 10.6. The standard InChI is InChI=1S/C15H18N2O/c1-11-12(2)16-17(13(11)3)15(18)10-9-14-7-5-4-6-8-14/h4-8H,9-10H2,1-3H3. The van der Waals surface area contributed by atoms with Crippen molar-refractivity contribution < 1.29 is 4.79 Å². The lowest BCUT2D eigenvalue weighted by Crippen LogP contribution is -2.14. The van der Waals surface area contributed by atoms with E-state index in [1.165, 1.54) is 10.2 Å². The molecule has 0 amide bonds. The number of nitrogens with zero attached hydrogens (tertiary/aromatic N) is 2. The van der Waals surface area contributed by atoms with Crippen molar-refractivity contribution in [3.05, 3.63) is 52.8 Å². The molecule has 0 radical (unpaired) electrons. The minimum absolute atomic E-state index is 0.0625. The van der Waals surface area contributed by atoms with Crippen molar-refractivity contribution in [1.29, 1.82) is 0 Å². The summed E-state index contributed by atoms with van der Waals surface area (Å²) in [6, 6.07) is 10.1. The van der Waals surface area contributed by atoms with Gasteiger partial charge in [0, 0.05) is 12.1 Å². The molecule has 0 aliphatic rings. The molecule has 0 unspecified atom stereocenters. The largest absolute Gasteiger partial charge is 0.273 e. The van der Waals surface area contributed by atoms with Gasteiger partial charge in [0.1, 0.15) is 0 Å². The third-order valence-corrected chi connectivity index (χ3v) is 3.36. The first-order valence-corrected chi connectivity index (χ1v) is 6.19. The van der Waals surface area contributed by atoms with Crippen LogP contribution >= 0.6 is 0 Å². The summed E-state index contributed by atoms with van der Waals surface area (Å²) in [5.74, 6) is 0.0625. The third-order valence-electron chi connectivity index (χ3n) is 3.36. The number of aryl methyl sites for hydroxylation is 2. The van der Waals surface area contributed by atoms with Crippen LogP contribution in [0.2, 0.25) is 0 Å². The minimum atomic E-state index is 0.0625. The molecule has 0 N–H and O–H groups in total. The van der Waals surface area contributed by atoms with E-state index in [9.17, 15) is 4.79 Å². The van der Waals surface area contributed by atoms with E-state index in [4.69, 9.17) is 0 Å². The van der Waals surface area contributed by atoms with Crippen molar-refractivity contribution in [3.8, 4) is 0 Å². The average Bonchev–Trinajstić information content (AvgIpc) is 2.65. The second-order valence-corrected chi connectivity index (χ2v) is 4.59. The van der Waals surface area contributed by atoms with Crippen LogP contribution in [0, 0.1) is 20.8 Å². The second-order valence-electron chi connectivity index (χ2n) is 4.59. The molecule has 0 aliphatic carbocycles. The van der Waals surface area contributed by atoms with E-state index in [1.54, 1.807) is 0 Å². The fourth-order valence-corrected chi connectivity index (χ4v) is 1.97. The third kappa shape index (κ3) is 2.50. The number of aromatic nitrogens is 2. The van der Waals surface area contributed by atoms with Crippen LogP contribution in [-0.4, -0.2) is 15.7 Å². The molecule has 0 atom stereocenters. The van der Waals surface area contributed by atoms with Crippen LogP contribution < -0.4 is 0 Å². The Bertz CT molecular complexity index is 555. The predicted molar refractivity (Wildman–Crippen MR) is 71.8 cm³/mol. The molecule has 2 aromatic rings. The van der Waals surface area contributed by atoms with Crippen molar-refractivity contribution in [3.63, 3.8) is 0 Å². The first kappa shape index (κ1) is 12.6. The lowest BCUT2D eigenvalue weighted by molar-refractivity contribution is 0.0884. The smallest absolute Gasteiger partial charge is 0.247 e. The maximum atomic E-state index is 12.1. The van der Waals surface area contributed by atoms with Crippen LogP contribution in [-0.2, 0) is 6.42 Å². The zero-order valence-corrected chi connectivity index (χ0v) is 11.1. The molecule has 3 heteroatoms. The first-order valence-electron chi connectivity index (χ1n) is 6.19. The fourth-order valence-electron chi connectivity index (χ4n) is 1.97. The molecular formula is C15H18N2O. The highest BCUT2D eigenvalue weighted by molar-refractivity contribution is 5.79. The summed E-state index contributed by atoms with van der Waals surface area (Å²) >= 11 is 0. The molecule has 3 nitrogen and oxygen atoms in total. The van der Waals surface area contributed by atoms with Gasteiger partial charge in [0.05, 0.1) is 5.69 Å². The minimum Gasteiger partial charge on any atom is -0.273 e. The van der Waals surface area contributed by atoms with Gasteiger partial charge < -0.3 is 0 Å². The van der Waals surface area contributed by atoms with Crippen molar-refractivity contribution in [2.75, 3.05) is 0 Å². The number of benzene rings is 1. The van der Waals surface area contributed by atoms with Gasteiger partial charge in [0.25, 0.3) is 0 Å². The topological polar surface area (TPSA) is 34.9 Å². The average molecular weight is 242 g/mol. The highest BCUT2D eigenvalue weighted by atomic mass is 16.2. The lowest BCUT2D eigenvalue weighted by Gasteiger charge is -2.03. The van der Waals surface area contributed by atoms with Gasteiger partial charge in [0.15, 0.2) is 0 Å². The van der Waals surface area contributed by atoms with E-state index in [1.807, 2.05) is 51.1 Å². The van der Waals surface area contributed by atoms with E-state index in [0.717, 1.165) is 23.4 Å². The highest BCUT2D eigenvalue weighted by Gasteiger charge is 2.13. The molecule has 0 fully saturated rings. The Morgan fingerprint density at radius 1 is 1.17 bits per heavy atom. The van der Waals surface area contributed by atoms with E-state index >= 15 is 0 Å². The molecule has 0 saturated carbocycles. The number of hydrogen-bond acceptors (Lipinski definition) is 2. The Hall–Kier alpha value is -1.90. The maximum absolute atomic E-state index is 12.1.